The molecule has 0 aliphatic carbocycles. The first-order chi connectivity index (χ1) is 13.5. The lowest BCUT2D eigenvalue weighted by Crippen LogP contribution is -2.05. The van der Waals surface area contributed by atoms with Crippen molar-refractivity contribution in [2.45, 2.75) is 13.8 Å². The van der Waals surface area contributed by atoms with Gasteiger partial charge >= 0.3 is 5.69 Å². The van der Waals surface area contributed by atoms with Gasteiger partial charge in [0.25, 0.3) is 0 Å². The van der Waals surface area contributed by atoms with E-state index in [9.17, 15) is 10.1 Å². The molecule has 9 heteroatoms. The van der Waals surface area contributed by atoms with Gasteiger partial charge in [0.05, 0.1) is 15.1 Å². The Labute approximate surface area is 164 Å². The molecule has 4 aromatic rings. The van der Waals surface area contributed by atoms with Gasteiger partial charge in [-0.15, -0.1) is 0 Å². The van der Waals surface area contributed by atoms with E-state index in [-0.39, 0.29) is 17.3 Å². The monoisotopic (exact) mass is 392 g/mol. The zero-order valence-corrected chi connectivity index (χ0v) is 15.9. The van der Waals surface area contributed by atoms with E-state index in [1.165, 1.54) is 17.7 Å². The molecule has 0 saturated heterocycles. The van der Waals surface area contributed by atoms with Crippen molar-refractivity contribution >= 4 is 49.7 Å². The number of para-hydroxylation sites is 1. The first kappa shape index (κ1) is 17.8. The topological polar surface area (TPSA) is 106 Å². The molecule has 140 valence electrons. The van der Waals surface area contributed by atoms with E-state index in [0.29, 0.717) is 10.8 Å². The maximum atomic E-state index is 11.7. The first-order valence-electron chi connectivity index (χ1n) is 8.47. The van der Waals surface area contributed by atoms with Crippen LogP contribution in [-0.4, -0.2) is 19.9 Å². The number of aryl methyl sites for hydroxylation is 2. The smallest absolute Gasteiger partial charge is 0.334 e. The molecule has 0 aliphatic heterocycles. The Morgan fingerprint density at radius 1 is 1.04 bits per heavy atom. The second-order valence-electron chi connectivity index (χ2n) is 6.24. The summed E-state index contributed by atoms with van der Waals surface area (Å²) in [4.78, 5) is 23.9. The van der Waals surface area contributed by atoms with Gasteiger partial charge in [0.1, 0.15) is 6.33 Å². The van der Waals surface area contributed by atoms with Crippen molar-refractivity contribution in [2.24, 2.45) is 0 Å². The summed E-state index contributed by atoms with van der Waals surface area (Å²) in [6, 6.07) is 13.4. The molecule has 4 rings (SSSR count). The van der Waals surface area contributed by atoms with Crippen LogP contribution in [0.15, 0.2) is 48.8 Å². The Hall–Kier alpha value is -3.59. The minimum absolute atomic E-state index is 0.0897. The highest BCUT2D eigenvalue weighted by Crippen LogP contribution is 2.35. The van der Waals surface area contributed by atoms with Crippen LogP contribution in [0.5, 0.6) is 0 Å². The molecular weight excluding hydrogens is 376 g/mol. The summed E-state index contributed by atoms with van der Waals surface area (Å²) in [5.41, 5.74) is 3.42. The van der Waals surface area contributed by atoms with Gasteiger partial charge in [-0.05, 0) is 43.2 Å². The standard InChI is InChI=1S/C19H16N6O2S/c1-11-5-3-7-13(9-11)22-17-16(25(26)27)18(21-10-20-17)24-19-23-15-12(2)6-4-8-14(15)28-19/h3-10H,1-2H3,(H2,20,21,22,23,24). The van der Waals surface area contributed by atoms with E-state index in [0.717, 1.165) is 21.3 Å². The molecule has 0 aliphatic rings. The van der Waals surface area contributed by atoms with Crippen LogP contribution in [0.1, 0.15) is 11.1 Å². The molecule has 0 saturated carbocycles. The van der Waals surface area contributed by atoms with Crippen molar-refractivity contribution < 1.29 is 4.92 Å². The molecule has 0 spiro atoms. The SMILES string of the molecule is Cc1cccc(Nc2ncnc(Nc3nc4c(C)cccc4s3)c2[N+](=O)[O-])c1. The zero-order chi connectivity index (χ0) is 19.7. The lowest BCUT2D eigenvalue weighted by Gasteiger charge is -2.09. The molecule has 0 unspecified atom stereocenters. The van der Waals surface area contributed by atoms with E-state index < -0.39 is 4.92 Å². The molecular formula is C19H16N6O2S. The number of thiazole rings is 1. The third-order valence-corrected chi connectivity index (χ3v) is 5.07. The van der Waals surface area contributed by atoms with E-state index >= 15 is 0 Å². The van der Waals surface area contributed by atoms with Crippen molar-refractivity contribution in [3.63, 3.8) is 0 Å². The van der Waals surface area contributed by atoms with Crippen LogP contribution < -0.4 is 10.6 Å². The van der Waals surface area contributed by atoms with Crippen molar-refractivity contribution in [1.29, 1.82) is 0 Å². The van der Waals surface area contributed by atoms with Gasteiger partial charge in [-0.25, -0.2) is 15.0 Å². The first-order valence-corrected chi connectivity index (χ1v) is 9.29. The highest BCUT2D eigenvalue weighted by molar-refractivity contribution is 7.22. The molecule has 2 aromatic carbocycles. The number of nitrogens with zero attached hydrogens (tertiary/aromatic N) is 4. The number of fused-ring (bicyclic) bond motifs is 1. The summed E-state index contributed by atoms with van der Waals surface area (Å²) in [5, 5.41) is 18.3. The Kier molecular flexibility index (Phi) is 4.58. The minimum Gasteiger partial charge on any atom is -0.334 e. The van der Waals surface area contributed by atoms with Gasteiger partial charge in [0, 0.05) is 5.69 Å². The van der Waals surface area contributed by atoms with Crippen molar-refractivity contribution in [3.8, 4) is 0 Å². The van der Waals surface area contributed by atoms with Crippen LogP contribution in [0.2, 0.25) is 0 Å². The number of nitro groups is 1. The number of aromatic nitrogens is 3. The number of anilines is 4. The number of nitrogens with one attached hydrogen (secondary N) is 2. The summed E-state index contributed by atoms with van der Waals surface area (Å²) in [5.74, 6) is 0.206. The minimum atomic E-state index is -0.501. The van der Waals surface area contributed by atoms with Gasteiger partial charge in [0.15, 0.2) is 5.13 Å². The predicted molar refractivity (Wildman–Crippen MR) is 111 cm³/mol. The summed E-state index contributed by atoms with van der Waals surface area (Å²) in [6.07, 6.45) is 1.28. The van der Waals surface area contributed by atoms with Crippen molar-refractivity contribution in [1.82, 2.24) is 15.0 Å². The average molecular weight is 392 g/mol. The Morgan fingerprint density at radius 2 is 1.79 bits per heavy atom. The predicted octanol–water partition coefficient (Wildman–Crippen LogP) is 5.10. The second kappa shape index (κ2) is 7.20. The van der Waals surface area contributed by atoms with Crippen LogP contribution in [-0.2, 0) is 0 Å². The number of hydrogen-bond acceptors (Lipinski definition) is 8. The summed E-state index contributed by atoms with van der Waals surface area (Å²) in [7, 11) is 0. The third kappa shape index (κ3) is 3.47. The van der Waals surface area contributed by atoms with Gasteiger partial charge in [-0.3, -0.25) is 10.1 Å². The molecule has 8 nitrogen and oxygen atoms in total. The van der Waals surface area contributed by atoms with E-state index in [1.54, 1.807) is 0 Å². The van der Waals surface area contributed by atoms with Crippen LogP contribution in [0.4, 0.5) is 28.1 Å². The van der Waals surface area contributed by atoms with Crippen LogP contribution in [0, 0.1) is 24.0 Å². The third-order valence-electron chi connectivity index (χ3n) is 4.13. The maximum Gasteiger partial charge on any atom is 0.353 e. The van der Waals surface area contributed by atoms with Crippen LogP contribution in [0.25, 0.3) is 10.2 Å². The Balaban J connectivity index is 1.72. The maximum absolute atomic E-state index is 11.7. The fourth-order valence-electron chi connectivity index (χ4n) is 2.84. The van der Waals surface area contributed by atoms with Gasteiger partial charge in [-0.2, -0.15) is 0 Å². The second-order valence-corrected chi connectivity index (χ2v) is 7.27. The number of hydrogen-bond donors (Lipinski definition) is 2. The van der Waals surface area contributed by atoms with Crippen LogP contribution >= 0.6 is 11.3 Å². The van der Waals surface area contributed by atoms with Crippen molar-refractivity contribution in [2.75, 3.05) is 10.6 Å². The number of rotatable bonds is 5. The lowest BCUT2D eigenvalue weighted by atomic mass is 10.2. The normalized spacial score (nSPS) is 10.8. The molecule has 28 heavy (non-hydrogen) atoms. The van der Waals surface area contributed by atoms with Crippen molar-refractivity contribution in [3.05, 3.63) is 70.0 Å². The van der Waals surface area contributed by atoms with E-state index in [2.05, 4.69) is 25.6 Å². The van der Waals surface area contributed by atoms with E-state index in [1.807, 2.05) is 56.3 Å². The highest BCUT2D eigenvalue weighted by Gasteiger charge is 2.24. The summed E-state index contributed by atoms with van der Waals surface area (Å²) >= 11 is 1.41. The summed E-state index contributed by atoms with van der Waals surface area (Å²) < 4.78 is 0.998. The van der Waals surface area contributed by atoms with E-state index in [4.69, 9.17) is 0 Å². The van der Waals surface area contributed by atoms with Gasteiger partial charge < -0.3 is 10.6 Å². The molecule has 0 fully saturated rings. The molecule has 2 heterocycles. The molecule has 0 bridgehead atoms. The fourth-order valence-corrected chi connectivity index (χ4v) is 3.78. The number of benzene rings is 2. The highest BCUT2D eigenvalue weighted by atomic mass is 32.1. The largest absolute Gasteiger partial charge is 0.353 e. The Bertz CT molecular complexity index is 1190. The molecule has 0 radical (unpaired) electrons. The lowest BCUT2D eigenvalue weighted by molar-refractivity contribution is -0.383. The molecule has 0 atom stereocenters. The fraction of sp³-hybridized carbons (Fsp3) is 0.105. The average Bonchev–Trinajstić information content (AvgIpc) is 3.05. The molecule has 2 N–H and O–H groups in total. The van der Waals surface area contributed by atoms with Crippen LogP contribution in [0.3, 0.4) is 0 Å². The zero-order valence-electron chi connectivity index (χ0n) is 15.1. The molecule has 0 amide bonds. The molecule has 2 aromatic heterocycles. The van der Waals surface area contributed by atoms with Gasteiger partial charge in [0.2, 0.25) is 11.6 Å². The summed E-state index contributed by atoms with van der Waals surface area (Å²) in [6.45, 7) is 3.92. The quantitative estimate of drug-likeness (QED) is 0.359. The van der Waals surface area contributed by atoms with Gasteiger partial charge in [-0.1, -0.05) is 35.6 Å². The Morgan fingerprint density at radius 3 is 2.50 bits per heavy atom.